The zero-order chi connectivity index (χ0) is 18.4. The Kier molecular flexibility index (Phi) is 5.49. The van der Waals surface area contributed by atoms with Crippen LogP contribution in [-0.4, -0.2) is 12.5 Å². The van der Waals surface area contributed by atoms with Gasteiger partial charge in [-0.25, -0.2) is 0 Å². The summed E-state index contributed by atoms with van der Waals surface area (Å²) in [6.07, 6.45) is 2.62. The first-order chi connectivity index (χ1) is 12.7. The number of carbonyl (C=O) groups is 1. The number of hydrogen-bond acceptors (Lipinski definition) is 3. The summed E-state index contributed by atoms with van der Waals surface area (Å²) in [5.41, 5.74) is 2.35. The van der Waals surface area contributed by atoms with Crippen LogP contribution in [0.3, 0.4) is 0 Å². The zero-order valence-corrected chi connectivity index (χ0v) is 14.5. The van der Waals surface area contributed by atoms with E-state index in [1.807, 2.05) is 61.5 Å². The Morgan fingerprint density at radius 2 is 1.62 bits per heavy atom. The fourth-order valence-electron chi connectivity index (χ4n) is 2.71. The lowest BCUT2D eigenvalue weighted by molar-refractivity contribution is -0.605. The molecule has 1 N–H and O–H groups in total. The monoisotopic (exact) mass is 348 g/mol. The van der Waals surface area contributed by atoms with Crippen molar-refractivity contribution in [3.8, 4) is 5.75 Å². The second-order valence-electron chi connectivity index (χ2n) is 5.77. The lowest BCUT2D eigenvalue weighted by Gasteiger charge is -2.20. The SMILES string of the molecule is CCOc1ccc([C@@H](NC(=O)c2cc[n+]([O-])cc2)c2ccccc2)cc1. The summed E-state index contributed by atoms with van der Waals surface area (Å²) in [5.74, 6) is 0.547. The van der Waals surface area contributed by atoms with Gasteiger partial charge in [0, 0.05) is 12.1 Å². The molecule has 1 aromatic heterocycles. The maximum Gasteiger partial charge on any atom is 0.252 e. The molecule has 0 aliphatic rings. The van der Waals surface area contributed by atoms with E-state index in [1.165, 1.54) is 24.5 Å². The molecule has 26 heavy (non-hydrogen) atoms. The highest BCUT2D eigenvalue weighted by molar-refractivity contribution is 5.94. The van der Waals surface area contributed by atoms with Gasteiger partial charge in [-0.3, -0.25) is 4.79 Å². The molecule has 5 nitrogen and oxygen atoms in total. The number of nitrogens with one attached hydrogen (secondary N) is 1. The van der Waals surface area contributed by atoms with E-state index in [0.717, 1.165) is 16.9 Å². The summed E-state index contributed by atoms with van der Waals surface area (Å²) in [6.45, 7) is 2.54. The van der Waals surface area contributed by atoms with E-state index < -0.39 is 0 Å². The first-order valence-corrected chi connectivity index (χ1v) is 8.45. The van der Waals surface area contributed by atoms with Crippen LogP contribution in [-0.2, 0) is 0 Å². The first kappa shape index (κ1) is 17.5. The van der Waals surface area contributed by atoms with Crippen molar-refractivity contribution >= 4 is 5.91 Å². The molecule has 0 bridgehead atoms. The molecule has 0 spiro atoms. The number of hydrogen-bond donors (Lipinski definition) is 1. The van der Waals surface area contributed by atoms with Crippen LogP contribution in [0.15, 0.2) is 79.1 Å². The Morgan fingerprint density at radius 3 is 2.23 bits per heavy atom. The van der Waals surface area contributed by atoms with Crippen molar-refractivity contribution < 1.29 is 14.3 Å². The van der Waals surface area contributed by atoms with E-state index in [0.29, 0.717) is 16.9 Å². The minimum Gasteiger partial charge on any atom is -0.619 e. The van der Waals surface area contributed by atoms with E-state index >= 15 is 0 Å². The summed E-state index contributed by atoms with van der Waals surface area (Å²) in [7, 11) is 0. The van der Waals surface area contributed by atoms with Crippen molar-refractivity contribution in [3.63, 3.8) is 0 Å². The van der Waals surface area contributed by atoms with Crippen LogP contribution in [0.5, 0.6) is 5.75 Å². The zero-order valence-electron chi connectivity index (χ0n) is 14.5. The molecule has 0 aliphatic heterocycles. The van der Waals surface area contributed by atoms with Gasteiger partial charge in [-0.2, -0.15) is 4.73 Å². The van der Waals surface area contributed by atoms with Gasteiger partial charge >= 0.3 is 0 Å². The summed E-state index contributed by atoms with van der Waals surface area (Å²) in [4.78, 5) is 12.6. The van der Waals surface area contributed by atoms with Gasteiger partial charge in [0.15, 0.2) is 12.4 Å². The normalized spacial score (nSPS) is 11.6. The van der Waals surface area contributed by atoms with Gasteiger partial charge in [0.1, 0.15) is 5.75 Å². The Labute approximate surface area is 152 Å². The second kappa shape index (κ2) is 8.16. The number of nitrogens with zero attached hydrogens (tertiary/aromatic N) is 1. The highest BCUT2D eigenvalue weighted by atomic mass is 16.5. The topological polar surface area (TPSA) is 65.3 Å². The van der Waals surface area contributed by atoms with Gasteiger partial charge in [-0.1, -0.05) is 42.5 Å². The van der Waals surface area contributed by atoms with E-state index in [9.17, 15) is 10.0 Å². The molecule has 0 aliphatic carbocycles. The third-order valence-electron chi connectivity index (χ3n) is 4.00. The smallest absolute Gasteiger partial charge is 0.252 e. The summed E-state index contributed by atoms with van der Waals surface area (Å²) >= 11 is 0. The maximum atomic E-state index is 12.6. The van der Waals surface area contributed by atoms with E-state index in [1.54, 1.807) is 0 Å². The summed E-state index contributed by atoms with van der Waals surface area (Å²) < 4.78 is 6.14. The van der Waals surface area contributed by atoms with Gasteiger partial charge in [0.05, 0.1) is 18.2 Å². The minimum atomic E-state index is -0.307. The average molecular weight is 348 g/mol. The molecular formula is C21H20N2O3. The first-order valence-electron chi connectivity index (χ1n) is 8.45. The van der Waals surface area contributed by atoms with Crippen molar-refractivity contribution in [1.29, 1.82) is 0 Å². The Balaban J connectivity index is 1.88. The Bertz CT molecular complexity index is 847. The molecule has 1 atom stereocenters. The maximum absolute atomic E-state index is 12.6. The molecule has 0 saturated carbocycles. The highest BCUT2D eigenvalue weighted by Crippen LogP contribution is 2.24. The standard InChI is InChI=1S/C21H20N2O3/c1-2-26-19-10-8-17(9-11-19)20(16-6-4-3-5-7-16)22-21(24)18-12-14-23(25)15-13-18/h3-15,20H,2H2,1H3,(H,22,24)/t20-/m0/s1. The Hall–Kier alpha value is -3.34. The quantitative estimate of drug-likeness (QED) is 0.549. The van der Waals surface area contributed by atoms with Crippen LogP contribution in [0.25, 0.3) is 0 Å². The van der Waals surface area contributed by atoms with Gasteiger partial charge < -0.3 is 15.3 Å². The predicted octanol–water partition coefficient (Wildman–Crippen LogP) is 3.24. The number of rotatable bonds is 6. The summed E-state index contributed by atoms with van der Waals surface area (Å²) in [6, 6.07) is 20.1. The molecule has 2 aromatic carbocycles. The van der Waals surface area contributed by atoms with Gasteiger partial charge in [-0.15, -0.1) is 0 Å². The predicted molar refractivity (Wildman–Crippen MR) is 98.8 cm³/mol. The number of pyridine rings is 1. The van der Waals surface area contributed by atoms with E-state index in [-0.39, 0.29) is 11.9 Å². The molecule has 132 valence electrons. The van der Waals surface area contributed by atoms with E-state index in [4.69, 9.17) is 4.74 Å². The molecular weight excluding hydrogens is 328 g/mol. The van der Waals surface area contributed by atoms with Crippen molar-refractivity contribution in [3.05, 3.63) is 101 Å². The molecule has 3 rings (SSSR count). The van der Waals surface area contributed by atoms with Crippen LogP contribution in [0.4, 0.5) is 0 Å². The number of carbonyl (C=O) groups excluding carboxylic acids is 1. The third kappa shape index (κ3) is 4.19. The van der Waals surface area contributed by atoms with E-state index in [2.05, 4.69) is 5.32 Å². The van der Waals surface area contributed by atoms with Crippen LogP contribution in [0.1, 0.15) is 34.5 Å². The largest absolute Gasteiger partial charge is 0.619 e. The lowest BCUT2D eigenvalue weighted by Crippen LogP contribution is -2.31. The molecule has 1 amide bonds. The fourth-order valence-corrected chi connectivity index (χ4v) is 2.71. The molecule has 0 fully saturated rings. The molecule has 0 unspecified atom stereocenters. The lowest BCUT2D eigenvalue weighted by atomic mass is 9.98. The van der Waals surface area contributed by atoms with Gasteiger partial charge in [0.2, 0.25) is 0 Å². The van der Waals surface area contributed by atoms with Crippen LogP contribution >= 0.6 is 0 Å². The Morgan fingerprint density at radius 1 is 1.00 bits per heavy atom. The van der Waals surface area contributed by atoms with Crippen molar-refractivity contribution in [2.45, 2.75) is 13.0 Å². The van der Waals surface area contributed by atoms with Gasteiger partial charge in [-0.05, 0) is 30.2 Å². The third-order valence-corrected chi connectivity index (χ3v) is 4.00. The minimum absolute atomic E-state index is 0.242. The molecule has 5 heteroatoms. The highest BCUT2D eigenvalue weighted by Gasteiger charge is 2.18. The number of benzene rings is 2. The average Bonchev–Trinajstić information content (AvgIpc) is 2.68. The number of aromatic nitrogens is 1. The van der Waals surface area contributed by atoms with Gasteiger partial charge in [0.25, 0.3) is 5.91 Å². The molecule has 1 heterocycles. The van der Waals surface area contributed by atoms with Crippen molar-refractivity contribution in [1.82, 2.24) is 5.32 Å². The molecule has 3 aromatic rings. The van der Waals surface area contributed by atoms with Crippen LogP contribution in [0, 0.1) is 5.21 Å². The number of ether oxygens (including phenoxy) is 1. The molecule has 0 saturated heterocycles. The molecule has 0 radical (unpaired) electrons. The van der Waals surface area contributed by atoms with Crippen LogP contribution < -0.4 is 14.8 Å². The summed E-state index contributed by atoms with van der Waals surface area (Å²) in [5, 5.41) is 14.2. The van der Waals surface area contributed by atoms with Crippen LogP contribution in [0.2, 0.25) is 0 Å². The second-order valence-corrected chi connectivity index (χ2v) is 5.77. The number of amides is 1. The van der Waals surface area contributed by atoms with Crippen molar-refractivity contribution in [2.24, 2.45) is 0 Å². The van der Waals surface area contributed by atoms with Crippen molar-refractivity contribution in [2.75, 3.05) is 6.61 Å². The fraction of sp³-hybridized carbons (Fsp3) is 0.143.